The number of anilines is 1. The van der Waals surface area contributed by atoms with Crippen LogP contribution in [0.4, 0.5) is 5.13 Å². The summed E-state index contributed by atoms with van der Waals surface area (Å²) in [5.41, 5.74) is 1.00. The van der Waals surface area contributed by atoms with Gasteiger partial charge >= 0.3 is 0 Å². The number of fused-ring (bicyclic) bond motifs is 1. The number of carbonyl (C=O) groups is 1. The molecule has 0 saturated heterocycles. The van der Waals surface area contributed by atoms with E-state index >= 15 is 0 Å². The van der Waals surface area contributed by atoms with Gasteiger partial charge in [-0.2, -0.15) is 0 Å². The minimum atomic E-state index is -3.25. The van der Waals surface area contributed by atoms with E-state index in [0.29, 0.717) is 22.0 Å². The van der Waals surface area contributed by atoms with Gasteiger partial charge in [-0.25, -0.2) is 13.4 Å². The molecule has 2 aromatic rings. The highest BCUT2D eigenvalue weighted by molar-refractivity contribution is 7.90. The summed E-state index contributed by atoms with van der Waals surface area (Å²) in [6, 6.07) is 4.86. The minimum absolute atomic E-state index is 0.0275. The first-order chi connectivity index (χ1) is 12.0. The van der Waals surface area contributed by atoms with E-state index in [1.165, 1.54) is 17.6 Å². The molecule has 0 atom stereocenters. The van der Waals surface area contributed by atoms with Crippen molar-refractivity contribution in [3.8, 4) is 0 Å². The van der Waals surface area contributed by atoms with Gasteiger partial charge < -0.3 is 5.32 Å². The number of benzene rings is 1. The Morgan fingerprint density at radius 1 is 1.19 bits per heavy atom. The van der Waals surface area contributed by atoms with Crippen LogP contribution in [-0.2, 0) is 14.6 Å². The van der Waals surface area contributed by atoms with Gasteiger partial charge in [-0.05, 0) is 55.2 Å². The molecule has 26 heavy (non-hydrogen) atoms. The number of nitrogens with one attached hydrogen (secondary N) is 1. The summed E-state index contributed by atoms with van der Waals surface area (Å²) < 4.78 is 24.1. The van der Waals surface area contributed by atoms with Crippen molar-refractivity contribution in [1.82, 2.24) is 4.98 Å². The molecule has 1 N–H and O–H groups in total. The molecule has 1 heterocycles. The van der Waals surface area contributed by atoms with Gasteiger partial charge in [0, 0.05) is 12.2 Å². The first-order valence-electron chi connectivity index (χ1n) is 8.95. The molecule has 7 heteroatoms. The Labute approximate surface area is 159 Å². The topological polar surface area (TPSA) is 76.1 Å². The molecule has 1 aromatic heterocycles. The predicted octanol–water partition coefficient (Wildman–Crippen LogP) is 4.49. The van der Waals surface area contributed by atoms with Gasteiger partial charge in [0.25, 0.3) is 0 Å². The molecule has 1 amide bonds. The van der Waals surface area contributed by atoms with Gasteiger partial charge in [0.05, 0.1) is 15.1 Å². The summed E-state index contributed by atoms with van der Waals surface area (Å²) >= 11 is 1.32. The number of aromatic nitrogens is 1. The highest BCUT2D eigenvalue weighted by atomic mass is 32.2. The Morgan fingerprint density at radius 2 is 1.85 bits per heavy atom. The van der Waals surface area contributed by atoms with Crippen molar-refractivity contribution in [3.05, 3.63) is 18.2 Å². The lowest BCUT2D eigenvalue weighted by Crippen LogP contribution is -2.31. The summed E-state index contributed by atoms with van der Waals surface area (Å²) in [5.74, 6) is 0.732. The number of thiazole rings is 1. The van der Waals surface area contributed by atoms with Crippen LogP contribution in [0.5, 0.6) is 0 Å². The number of hydrogen-bond donors (Lipinski definition) is 1. The van der Waals surface area contributed by atoms with Crippen molar-refractivity contribution in [2.75, 3.05) is 11.6 Å². The molecule has 0 spiro atoms. The molecule has 142 valence electrons. The quantitative estimate of drug-likeness (QED) is 0.832. The van der Waals surface area contributed by atoms with E-state index in [9.17, 15) is 13.2 Å². The van der Waals surface area contributed by atoms with Crippen LogP contribution in [0.3, 0.4) is 0 Å². The van der Waals surface area contributed by atoms with E-state index < -0.39 is 9.84 Å². The third kappa shape index (κ3) is 4.26. The summed E-state index contributed by atoms with van der Waals surface area (Å²) in [4.78, 5) is 17.3. The number of carbonyl (C=O) groups excluding carboxylic acids is 1. The highest BCUT2D eigenvalue weighted by Crippen LogP contribution is 2.40. The van der Waals surface area contributed by atoms with Crippen molar-refractivity contribution < 1.29 is 13.2 Å². The number of nitrogens with zero attached hydrogens (tertiary/aromatic N) is 1. The second kappa shape index (κ2) is 6.93. The monoisotopic (exact) mass is 394 g/mol. The molecule has 0 unspecified atom stereocenters. The zero-order chi connectivity index (χ0) is 19.1. The maximum Gasteiger partial charge on any atom is 0.229 e. The lowest BCUT2D eigenvalue weighted by molar-refractivity contribution is -0.121. The van der Waals surface area contributed by atoms with Gasteiger partial charge in [0.1, 0.15) is 0 Å². The van der Waals surface area contributed by atoms with Crippen LogP contribution >= 0.6 is 11.3 Å². The second-order valence-corrected chi connectivity index (χ2v) is 11.4. The van der Waals surface area contributed by atoms with E-state index in [1.807, 2.05) is 0 Å². The number of hydrogen-bond acceptors (Lipinski definition) is 5. The Hall–Kier alpha value is -1.47. The lowest BCUT2D eigenvalue weighted by atomic mass is 9.70. The second-order valence-electron chi connectivity index (χ2n) is 8.32. The number of sulfone groups is 1. The standard InChI is InChI=1S/C19H26N2O3S2/c1-19(2,3)13-7-5-12(6-8-13)17(22)21-18-20-15-10-9-14(26(4,23)24)11-16(15)25-18/h9-13H,5-8H2,1-4H3,(H,20,21,22). The smallest absolute Gasteiger partial charge is 0.229 e. The van der Waals surface area contributed by atoms with Crippen LogP contribution in [-0.4, -0.2) is 25.6 Å². The predicted molar refractivity (Wildman–Crippen MR) is 106 cm³/mol. The normalized spacial score (nSPS) is 21.7. The van der Waals surface area contributed by atoms with Crippen molar-refractivity contribution >= 4 is 42.4 Å². The Balaban J connectivity index is 1.68. The molecule has 1 aliphatic rings. The SMILES string of the molecule is CC(C)(C)C1CCC(C(=O)Nc2nc3ccc(S(C)(=O)=O)cc3s2)CC1. The first-order valence-corrected chi connectivity index (χ1v) is 11.7. The molecule has 0 bridgehead atoms. The van der Waals surface area contributed by atoms with Gasteiger partial charge in [-0.15, -0.1) is 0 Å². The molecular formula is C19H26N2O3S2. The summed E-state index contributed by atoms with van der Waals surface area (Å²) in [7, 11) is -3.25. The molecule has 1 fully saturated rings. The van der Waals surface area contributed by atoms with E-state index in [0.717, 1.165) is 30.4 Å². The van der Waals surface area contributed by atoms with Gasteiger partial charge in [0.15, 0.2) is 15.0 Å². The Bertz CT molecular complexity index is 918. The van der Waals surface area contributed by atoms with Crippen LogP contribution in [0.1, 0.15) is 46.5 Å². The van der Waals surface area contributed by atoms with Crippen LogP contribution < -0.4 is 5.32 Å². The van der Waals surface area contributed by atoms with Crippen LogP contribution in [0, 0.1) is 17.3 Å². The van der Waals surface area contributed by atoms with Crippen molar-refractivity contribution in [3.63, 3.8) is 0 Å². The van der Waals surface area contributed by atoms with E-state index in [1.54, 1.807) is 18.2 Å². The van der Waals surface area contributed by atoms with Crippen molar-refractivity contribution in [2.45, 2.75) is 51.3 Å². The third-order valence-electron chi connectivity index (χ3n) is 5.34. The van der Waals surface area contributed by atoms with E-state index in [4.69, 9.17) is 0 Å². The maximum absolute atomic E-state index is 12.6. The summed E-state index contributed by atoms with van der Waals surface area (Å²) in [6.07, 6.45) is 5.18. The lowest BCUT2D eigenvalue weighted by Gasteiger charge is -2.36. The number of amides is 1. The maximum atomic E-state index is 12.6. The zero-order valence-corrected chi connectivity index (χ0v) is 17.3. The van der Waals surface area contributed by atoms with Crippen LogP contribution in [0.2, 0.25) is 0 Å². The van der Waals surface area contributed by atoms with Crippen LogP contribution in [0.15, 0.2) is 23.1 Å². The summed E-state index contributed by atoms with van der Waals surface area (Å²) in [5, 5.41) is 3.47. The largest absolute Gasteiger partial charge is 0.302 e. The molecular weight excluding hydrogens is 368 g/mol. The molecule has 1 saturated carbocycles. The highest BCUT2D eigenvalue weighted by Gasteiger charge is 2.32. The molecule has 5 nitrogen and oxygen atoms in total. The molecule has 1 aromatic carbocycles. The van der Waals surface area contributed by atoms with Gasteiger partial charge in [-0.3, -0.25) is 4.79 Å². The Kier molecular flexibility index (Phi) is 5.14. The summed E-state index contributed by atoms with van der Waals surface area (Å²) in [6.45, 7) is 6.80. The molecule has 0 aliphatic heterocycles. The van der Waals surface area contributed by atoms with Crippen molar-refractivity contribution in [1.29, 1.82) is 0 Å². The fraction of sp³-hybridized carbons (Fsp3) is 0.579. The van der Waals surface area contributed by atoms with Crippen molar-refractivity contribution in [2.24, 2.45) is 17.3 Å². The molecule has 1 aliphatic carbocycles. The zero-order valence-electron chi connectivity index (χ0n) is 15.7. The fourth-order valence-corrected chi connectivity index (χ4v) is 5.25. The van der Waals surface area contributed by atoms with Crippen LogP contribution in [0.25, 0.3) is 10.2 Å². The third-order valence-corrected chi connectivity index (χ3v) is 7.38. The molecule has 0 radical (unpaired) electrons. The van der Waals surface area contributed by atoms with E-state index in [2.05, 4.69) is 31.1 Å². The van der Waals surface area contributed by atoms with Gasteiger partial charge in [0.2, 0.25) is 5.91 Å². The average molecular weight is 395 g/mol. The minimum Gasteiger partial charge on any atom is -0.302 e. The van der Waals surface area contributed by atoms with E-state index in [-0.39, 0.29) is 16.7 Å². The average Bonchev–Trinajstić information content (AvgIpc) is 2.94. The van der Waals surface area contributed by atoms with Gasteiger partial charge in [-0.1, -0.05) is 32.1 Å². The number of rotatable bonds is 3. The first kappa shape index (κ1) is 19.3. The fourth-order valence-electron chi connectivity index (χ4n) is 3.62. The Morgan fingerprint density at radius 3 is 2.42 bits per heavy atom. The molecule has 3 rings (SSSR count).